The van der Waals surface area contributed by atoms with Crippen LogP contribution in [0.2, 0.25) is 0 Å². The molecule has 0 aliphatic rings. The van der Waals surface area contributed by atoms with Crippen LogP contribution in [0, 0.1) is 0 Å². The number of hydrogen-bond donors (Lipinski definition) is 1. The summed E-state index contributed by atoms with van der Waals surface area (Å²) < 4.78 is 0. The van der Waals surface area contributed by atoms with Gasteiger partial charge < -0.3 is 15.1 Å². The normalized spacial score (nSPS) is 10.1. The molecule has 0 aromatic heterocycles. The molecule has 0 saturated carbocycles. The maximum atomic E-state index is 12.2. The van der Waals surface area contributed by atoms with Crippen molar-refractivity contribution >= 4 is 23.2 Å². The van der Waals surface area contributed by atoms with Gasteiger partial charge >= 0.3 is 0 Å². The number of nitrogens with zero attached hydrogens (tertiary/aromatic N) is 2. The number of nitrogens with one attached hydrogen (secondary N) is 1. The van der Waals surface area contributed by atoms with Gasteiger partial charge in [-0.2, -0.15) is 0 Å². The summed E-state index contributed by atoms with van der Waals surface area (Å²) in [6.07, 6.45) is 0. The molecule has 0 heterocycles. The molecule has 0 unspecified atom stereocenters. The van der Waals surface area contributed by atoms with Gasteiger partial charge in [-0.15, -0.1) is 0 Å². The lowest BCUT2D eigenvalue weighted by Gasteiger charge is -2.21. The van der Waals surface area contributed by atoms with Gasteiger partial charge in [0.05, 0.1) is 0 Å². The first-order valence-electron chi connectivity index (χ1n) is 7.82. The number of rotatable bonds is 6. The number of anilines is 2. The molecule has 0 bridgehead atoms. The van der Waals surface area contributed by atoms with Gasteiger partial charge in [0.2, 0.25) is 11.8 Å². The van der Waals surface area contributed by atoms with E-state index in [1.807, 2.05) is 73.6 Å². The molecule has 126 valence electrons. The zero-order valence-electron chi connectivity index (χ0n) is 14.3. The van der Waals surface area contributed by atoms with Gasteiger partial charge in [-0.25, -0.2) is 0 Å². The van der Waals surface area contributed by atoms with E-state index in [1.165, 1.54) is 11.8 Å². The molecule has 2 amide bonds. The second-order valence-corrected chi connectivity index (χ2v) is 5.85. The molecule has 0 fully saturated rings. The van der Waals surface area contributed by atoms with E-state index in [0.29, 0.717) is 12.2 Å². The number of carbonyl (C=O) groups is 2. The van der Waals surface area contributed by atoms with Crippen LogP contribution in [0.15, 0.2) is 54.6 Å². The van der Waals surface area contributed by atoms with Crippen molar-refractivity contribution in [1.82, 2.24) is 4.90 Å². The van der Waals surface area contributed by atoms with E-state index in [4.69, 9.17) is 0 Å². The van der Waals surface area contributed by atoms with Crippen molar-refractivity contribution in [2.75, 3.05) is 30.9 Å². The highest BCUT2D eigenvalue weighted by molar-refractivity contribution is 5.94. The molecule has 5 nitrogen and oxygen atoms in total. The summed E-state index contributed by atoms with van der Waals surface area (Å²) in [5.74, 6) is -0.337. The van der Waals surface area contributed by atoms with Gasteiger partial charge in [0.15, 0.2) is 0 Å². The van der Waals surface area contributed by atoms with Crippen molar-refractivity contribution in [2.45, 2.75) is 13.5 Å². The number of amides is 2. The number of hydrogen-bond acceptors (Lipinski definition) is 3. The van der Waals surface area contributed by atoms with Crippen LogP contribution in [0.4, 0.5) is 11.4 Å². The molecule has 2 rings (SSSR count). The highest BCUT2D eigenvalue weighted by Crippen LogP contribution is 2.15. The highest BCUT2D eigenvalue weighted by Gasteiger charge is 2.14. The highest BCUT2D eigenvalue weighted by atomic mass is 16.2. The fourth-order valence-electron chi connectivity index (χ4n) is 2.30. The smallest absolute Gasteiger partial charge is 0.244 e. The summed E-state index contributed by atoms with van der Waals surface area (Å²) >= 11 is 0. The van der Waals surface area contributed by atoms with Gasteiger partial charge in [-0.1, -0.05) is 30.3 Å². The molecule has 2 aromatic rings. The summed E-state index contributed by atoms with van der Waals surface area (Å²) in [7, 11) is 3.92. The largest absolute Gasteiger partial charge is 0.378 e. The molecule has 0 aliphatic carbocycles. The zero-order valence-corrected chi connectivity index (χ0v) is 14.3. The van der Waals surface area contributed by atoms with Crippen LogP contribution in [0.1, 0.15) is 12.5 Å². The van der Waals surface area contributed by atoms with E-state index in [-0.39, 0.29) is 18.4 Å². The third-order valence-electron chi connectivity index (χ3n) is 3.66. The molecule has 2 aromatic carbocycles. The summed E-state index contributed by atoms with van der Waals surface area (Å²) in [6, 6.07) is 17.2. The lowest BCUT2D eigenvalue weighted by Crippen LogP contribution is -2.36. The fourth-order valence-corrected chi connectivity index (χ4v) is 2.30. The Labute approximate surface area is 142 Å². The van der Waals surface area contributed by atoms with E-state index in [2.05, 4.69) is 5.32 Å². The lowest BCUT2D eigenvalue weighted by atomic mass is 10.2. The fraction of sp³-hybridized carbons (Fsp3) is 0.263. The second kappa shape index (κ2) is 8.15. The van der Waals surface area contributed by atoms with Crippen LogP contribution in [-0.4, -0.2) is 37.4 Å². The van der Waals surface area contributed by atoms with Crippen LogP contribution in [-0.2, 0) is 16.1 Å². The van der Waals surface area contributed by atoms with Gasteiger partial charge in [0, 0.05) is 38.9 Å². The van der Waals surface area contributed by atoms with Crippen LogP contribution in [0.25, 0.3) is 0 Å². The molecule has 1 N–H and O–H groups in total. The minimum Gasteiger partial charge on any atom is -0.378 e. The Balaban J connectivity index is 1.96. The lowest BCUT2D eigenvalue weighted by molar-refractivity contribution is -0.133. The summed E-state index contributed by atoms with van der Waals surface area (Å²) in [5, 5.41) is 2.83. The van der Waals surface area contributed by atoms with Crippen LogP contribution in [0.3, 0.4) is 0 Å². The molecular weight excluding hydrogens is 302 g/mol. The van der Waals surface area contributed by atoms with E-state index >= 15 is 0 Å². The number of carbonyl (C=O) groups excluding carboxylic acids is 2. The average Bonchev–Trinajstić information content (AvgIpc) is 2.55. The van der Waals surface area contributed by atoms with E-state index < -0.39 is 0 Å². The Morgan fingerprint density at radius 3 is 2.12 bits per heavy atom. The Hall–Kier alpha value is -2.82. The van der Waals surface area contributed by atoms with Crippen molar-refractivity contribution in [1.29, 1.82) is 0 Å². The molecule has 0 spiro atoms. The quantitative estimate of drug-likeness (QED) is 0.888. The van der Waals surface area contributed by atoms with Crippen molar-refractivity contribution in [3.8, 4) is 0 Å². The summed E-state index contributed by atoms with van der Waals surface area (Å²) in [5.41, 5.74) is 2.77. The SMILES string of the molecule is CC(=O)N(CC(=O)Nc1ccc(N(C)C)cc1)Cc1ccccc1. The van der Waals surface area contributed by atoms with Crippen LogP contribution >= 0.6 is 0 Å². The summed E-state index contributed by atoms with van der Waals surface area (Å²) in [4.78, 5) is 27.5. The van der Waals surface area contributed by atoms with Crippen molar-refractivity contribution in [3.05, 3.63) is 60.2 Å². The Bertz CT molecular complexity index is 682. The average molecular weight is 325 g/mol. The van der Waals surface area contributed by atoms with Crippen molar-refractivity contribution < 1.29 is 9.59 Å². The van der Waals surface area contributed by atoms with Crippen LogP contribution < -0.4 is 10.2 Å². The maximum Gasteiger partial charge on any atom is 0.244 e. The topological polar surface area (TPSA) is 52.7 Å². The standard InChI is InChI=1S/C19H23N3O2/c1-15(23)22(13-16-7-5-4-6-8-16)14-19(24)20-17-9-11-18(12-10-17)21(2)3/h4-12H,13-14H2,1-3H3,(H,20,24). The Morgan fingerprint density at radius 2 is 1.58 bits per heavy atom. The second-order valence-electron chi connectivity index (χ2n) is 5.85. The molecule has 0 radical (unpaired) electrons. The first-order valence-corrected chi connectivity index (χ1v) is 7.82. The maximum absolute atomic E-state index is 12.2. The Kier molecular flexibility index (Phi) is 5.95. The first-order chi connectivity index (χ1) is 11.5. The van der Waals surface area contributed by atoms with Crippen molar-refractivity contribution in [2.24, 2.45) is 0 Å². The van der Waals surface area contributed by atoms with Gasteiger partial charge in [-0.3, -0.25) is 9.59 Å². The third kappa shape index (κ3) is 5.12. The van der Waals surface area contributed by atoms with Gasteiger partial charge in [0.25, 0.3) is 0 Å². The van der Waals surface area contributed by atoms with Gasteiger partial charge in [0.1, 0.15) is 6.54 Å². The number of benzene rings is 2. The zero-order chi connectivity index (χ0) is 17.5. The van der Waals surface area contributed by atoms with Crippen LogP contribution in [0.5, 0.6) is 0 Å². The third-order valence-corrected chi connectivity index (χ3v) is 3.66. The van der Waals surface area contributed by atoms with Crippen molar-refractivity contribution in [3.63, 3.8) is 0 Å². The van der Waals surface area contributed by atoms with Gasteiger partial charge in [-0.05, 0) is 29.8 Å². The summed E-state index contributed by atoms with van der Waals surface area (Å²) in [6.45, 7) is 1.92. The molecule has 0 saturated heterocycles. The first kappa shape index (κ1) is 17.5. The molecular formula is C19H23N3O2. The monoisotopic (exact) mass is 325 g/mol. The van der Waals surface area contributed by atoms with E-state index in [0.717, 1.165) is 11.3 Å². The molecule has 5 heteroatoms. The molecule has 0 aliphatic heterocycles. The Morgan fingerprint density at radius 1 is 0.958 bits per heavy atom. The molecule has 0 atom stereocenters. The van der Waals surface area contributed by atoms with E-state index in [9.17, 15) is 9.59 Å². The van der Waals surface area contributed by atoms with E-state index in [1.54, 1.807) is 0 Å². The predicted octanol–water partition coefficient (Wildman–Crippen LogP) is 2.74. The minimum absolute atomic E-state index is 0.0274. The molecule has 24 heavy (non-hydrogen) atoms. The minimum atomic E-state index is -0.210. The predicted molar refractivity (Wildman–Crippen MR) is 96.9 cm³/mol.